The molecule has 0 unspecified atom stereocenters. The first kappa shape index (κ1) is 24.2. The molecule has 0 heterocycles. The van der Waals surface area contributed by atoms with Crippen LogP contribution in [0.15, 0.2) is 122 Å². The van der Waals surface area contributed by atoms with Crippen LogP contribution in [-0.2, 0) is 15.6 Å². The lowest BCUT2D eigenvalue weighted by molar-refractivity contribution is -0.113. The fourth-order valence-corrected chi connectivity index (χ4v) is 4.59. The van der Waals surface area contributed by atoms with Gasteiger partial charge in [0, 0.05) is 22.2 Å². The van der Waals surface area contributed by atoms with Crippen LogP contribution in [0.5, 0.6) is 0 Å². The molecule has 35 heavy (non-hydrogen) atoms. The van der Waals surface area contributed by atoms with E-state index in [4.69, 9.17) is 0 Å². The van der Waals surface area contributed by atoms with Crippen LogP contribution in [0, 0.1) is 0 Å². The predicted molar refractivity (Wildman–Crippen MR) is 147 cm³/mol. The summed E-state index contributed by atoms with van der Waals surface area (Å²) in [5.41, 5.74) is 6.24. The molecule has 0 saturated carbocycles. The molecule has 0 aliphatic carbocycles. The Morgan fingerprint density at radius 2 is 0.886 bits per heavy atom. The van der Waals surface area contributed by atoms with Gasteiger partial charge in [-0.25, -0.2) is 0 Å². The van der Waals surface area contributed by atoms with E-state index >= 15 is 0 Å². The minimum absolute atomic E-state index is 0.141. The highest BCUT2D eigenvalue weighted by Crippen LogP contribution is 2.36. The van der Waals surface area contributed by atoms with E-state index in [9.17, 15) is 4.79 Å². The molecule has 0 bridgehead atoms. The Kier molecular flexibility index (Phi) is 6.75. The molecule has 0 fully saturated rings. The van der Waals surface area contributed by atoms with Crippen LogP contribution in [0.1, 0.15) is 49.9 Å². The van der Waals surface area contributed by atoms with Crippen molar-refractivity contribution in [3.05, 3.63) is 144 Å². The van der Waals surface area contributed by atoms with Crippen molar-refractivity contribution in [3.63, 3.8) is 0 Å². The van der Waals surface area contributed by atoms with E-state index in [1.165, 1.54) is 28.3 Å². The van der Waals surface area contributed by atoms with Crippen LogP contribution in [0.25, 0.3) is 0 Å². The van der Waals surface area contributed by atoms with Gasteiger partial charge in [-0.05, 0) is 52.6 Å². The van der Waals surface area contributed by atoms with Crippen molar-refractivity contribution in [1.82, 2.24) is 0 Å². The number of carbonyl (C=O) groups excluding carboxylic acids is 1. The van der Waals surface area contributed by atoms with Gasteiger partial charge in [-0.3, -0.25) is 9.69 Å². The Balaban J connectivity index is 1.65. The number of rotatable bonds is 7. The normalized spacial score (nSPS) is 11.7. The van der Waals surface area contributed by atoms with Gasteiger partial charge >= 0.3 is 0 Å². The third-order valence-electron chi connectivity index (χ3n) is 7.08. The molecule has 0 radical (unpaired) electrons. The van der Waals surface area contributed by atoms with E-state index in [-0.39, 0.29) is 16.7 Å². The van der Waals surface area contributed by atoms with E-state index in [1.807, 2.05) is 36.4 Å². The molecule has 2 heteroatoms. The molecule has 0 aliphatic rings. The maximum atomic E-state index is 12.9. The summed E-state index contributed by atoms with van der Waals surface area (Å²) in [6.45, 7) is 12.6. The van der Waals surface area contributed by atoms with Crippen LogP contribution >= 0.6 is 0 Å². The third-order valence-corrected chi connectivity index (χ3v) is 7.08. The van der Waals surface area contributed by atoms with Crippen molar-refractivity contribution in [2.24, 2.45) is 0 Å². The summed E-state index contributed by atoms with van der Waals surface area (Å²) in [7, 11) is 0. The zero-order valence-corrected chi connectivity index (χ0v) is 21.0. The van der Waals surface area contributed by atoms with Crippen molar-refractivity contribution >= 4 is 17.3 Å². The summed E-state index contributed by atoms with van der Waals surface area (Å²) in [5.74, 6) is -0.157. The van der Waals surface area contributed by atoms with Gasteiger partial charge in [-0.2, -0.15) is 0 Å². The highest BCUT2D eigenvalue weighted by molar-refractivity contribution is 6.06. The molecule has 0 aliphatic heterocycles. The van der Waals surface area contributed by atoms with E-state index in [2.05, 4.69) is 107 Å². The first-order valence-electron chi connectivity index (χ1n) is 12.0. The van der Waals surface area contributed by atoms with Crippen molar-refractivity contribution < 1.29 is 4.79 Å². The molecule has 0 aromatic heterocycles. The molecule has 4 aromatic rings. The fourth-order valence-electron chi connectivity index (χ4n) is 4.59. The number of carbonyl (C=O) groups is 1. The van der Waals surface area contributed by atoms with Gasteiger partial charge in [0.05, 0.1) is 0 Å². The second-order valence-corrected chi connectivity index (χ2v) is 9.95. The van der Waals surface area contributed by atoms with Gasteiger partial charge in [0.2, 0.25) is 0 Å². The number of anilines is 2. The van der Waals surface area contributed by atoms with Gasteiger partial charge in [0.1, 0.15) is 0 Å². The van der Waals surface area contributed by atoms with Crippen LogP contribution in [0.3, 0.4) is 0 Å². The van der Waals surface area contributed by atoms with E-state index in [0.717, 1.165) is 11.4 Å². The molecule has 4 rings (SSSR count). The maximum absolute atomic E-state index is 12.9. The van der Waals surface area contributed by atoms with Gasteiger partial charge in [0.15, 0.2) is 0 Å². The highest BCUT2D eigenvalue weighted by Gasteiger charge is 2.25. The zero-order chi connectivity index (χ0) is 25.1. The monoisotopic (exact) mass is 459 g/mol. The van der Waals surface area contributed by atoms with Crippen molar-refractivity contribution in [3.8, 4) is 0 Å². The molecule has 0 atom stereocenters. The van der Waals surface area contributed by atoms with E-state index < -0.39 is 0 Å². The molecule has 2 nitrogen and oxygen atoms in total. The van der Waals surface area contributed by atoms with E-state index in [1.54, 1.807) is 4.90 Å². The summed E-state index contributed by atoms with van der Waals surface area (Å²) in [4.78, 5) is 14.6. The predicted octanol–water partition coefficient (Wildman–Crippen LogP) is 8.19. The Bertz CT molecular complexity index is 1190. The quantitative estimate of drug-likeness (QED) is 0.255. The number of hydrogen-bond donors (Lipinski definition) is 0. The minimum atomic E-state index is -0.157. The van der Waals surface area contributed by atoms with Gasteiger partial charge < -0.3 is 0 Å². The number of benzene rings is 4. The number of nitrogens with zero attached hydrogens (tertiary/aromatic N) is 1. The summed E-state index contributed by atoms with van der Waals surface area (Å²) >= 11 is 0. The zero-order valence-electron chi connectivity index (χ0n) is 21.0. The Labute approximate surface area is 209 Å². The molecule has 176 valence electrons. The van der Waals surface area contributed by atoms with Crippen LogP contribution in [0.2, 0.25) is 0 Å². The molecule has 1 amide bonds. The van der Waals surface area contributed by atoms with Gasteiger partial charge in [-0.1, -0.05) is 119 Å². The fraction of sp³-hybridized carbons (Fsp3) is 0.182. The molecular formula is C33H33NO. The summed E-state index contributed by atoms with van der Waals surface area (Å²) in [6.07, 6.45) is 1.36. The second kappa shape index (κ2) is 9.76. The molecule has 0 saturated heterocycles. The van der Waals surface area contributed by atoms with Crippen LogP contribution in [-0.4, -0.2) is 5.91 Å². The summed E-state index contributed by atoms with van der Waals surface area (Å²) in [6, 6.07) is 37.5. The summed E-state index contributed by atoms with van der Waals surface area (Å²) in [5, 5.41) is 0. The molecule has 0 N–H and O–H groups in total. The van der Waals surface area contributed by atoms with Crippen LogP contribution in [0.4, 0.5) is 11.4 Å². The SMILES string of the molecule is C=CC(=O)N(c1ccc(C(C)(C)c2ccccc2)cc1)c1ccc(C(C)(C)c2ccccc2)cc1. The van der Waals surface area contributed by atoms with Gasteiger partial charge in [-0.15, -0.1) is 0 Å². The lowest BCUT2D eigenvalue weighted by Crippen LogP contribution is -2.25. The maximum Gasteiger partial charge on any atom is 0.254 e. The first-order chi connectivity index (χ1) is 16.7. The molecular weight excluding hydrogens is 426 g/mol. The second-order valence-electron chi connectivity index (χ2n) is 9.95. The minimum Gasteiger partial charge on any atom is -0.278 e. The average molecular weight is 460 g/mol. The lowest BCUT2D eigenvalue weighted by Gasteiger charge is -2.29. The van der Waals surface area contributed by atoms with Crippen molar-refractivity contribution in [2.75, 3.05) is 4.90 Å². The Morgan fingerprint density at radius 3 is 1.20 bits per heavy atom. The third kappa shape index (κ3) is 4.83. The standard InChI is InChI=1S/C33H33NO/c1-6-31(35)34(29-21-17-27(18-22-29)32(2,3)25-13-9-7-10-14-25)30-23-19-28(20-24-30)33(4,5)26-15-11-8-12-16-26/h6-24H,1H2,2-5H3. The Morgan fingerprint density at radius 1 is 0.571 bits per heavy atom. The Hall–Kier alpha value is -3.91. The first-order valence-corrected chi connectivity index (χ1v) is 12.0. The smallest absolute Gasteiger partial charge is 0.254 e. The number of amides is 1. The van der Waals surface area contributed by atoms with Crippen molar-refractivity contribution in [2.45, 2.75) is 38.5 Å². The van der Waals surface area contributed by atoms with Gasteiger partial charge in [0.25, 0.3) is 5.91 Å². The number of hydrogen-bond acceptors (Lipinski definition) is 1. The van der Waals surface area contributed by atoms with Crippen molar-refractivity contribution in [1.29, 1.82) is 0 Å². The van der Waals surface area contributed by atoms with Crippen LogP contribution < -0.4 is 4.90 Å². The molecule has 4 aromatic carbocycles. The lowest BCUT2D eigenvalue weighted by atomic mass is 9.78. The average Bonchev–Trinajstić information content (AvgIpc) is 2.90. The summed E-state index contributed by atoms with van der Waals surface area (Å²) < 4.78 is 0. The largest absolute Gasteiger partial charge is 0.278 e. The highest BCUT2D eigenvalue weighted by atomic mass is 16.2. The molecule has 0 spiro atoms. The van der Waals surface area contributed by atoms with E-state index in [0.29, 0.717) is 0 Å². The topological polar surface area (TPSA) is 20.3 Å².